The Morgan fingerprint density at radius 2 is 2.27 bits per heavy atom. The van der Waals surface area contributed by atoms with E-state index in [1.54, 1.807) is 7.11 Å². The highest BCUT2D eigenvalue weighted by atomic mass is 16.5. The van der Waals surface area contributed by atoms with E-state index in [-0.39, 0.29) is 6.04 Å². The third kappa shape index (κ3) is 3.17. The number of anilines is 1. The smallest absolute Gasteiger partial charge is 0.318 e. The van der Waals surface area contributed by atoms with Gasteiger partial charge in [0.15, 0.2) is 0 Å². The van der Waals surface area contributed by atoms with Gasteiger partial charge in [-0.3, -0.25) is 0 Å². The number of likely N-dealkylation sites (N-methyl/N-ethyl adjacent to an activating group) is 1. The number of methoxy groups -OCH3 is 1. The van der Waals surface area contributed by atoms with E-state index in [9.17, 15) is 0 Å². The van der Waals surface area contributed by atoms with Gasteiger partial charge in [-0.25, -0.2) is 0 Å². The maximum absolute atomic E-state index is 5.48. The van der Waals surface area contributed by atoms with Crippen molar-refractivity contribution in [2.45, 2.75) is 13.0 Å². The summed E-state index contributed by atoms with van der Waals surface area (Å²) in [6.07, 6.45) is 0. The summed E-state index contributed by atoms with van der Waals surface area (Å²) in [6, 6.07) is 0.589. The van der Waals surface area contributed by atoms with E-state index < -0.39 is 0 Å². The van der Waals surface area contributed by atoms with Gasteiger partial charge in [-0.2, -0.15) is 0 Å². The number of nitrogens with one attached hydrogen (secondary N) is 1. The quantitative estimate of drug-likeness (QED) is 0.741. The van der Waals surface area contributed by atoms with Gasteiger partial charge in [-0.15, -0.1) is 5.10 Å². The summed E-state index contributed by atoms with van der Waals surface area (Å²) >= 11 is 0. The van der Waals surface area contributed by atoms with Crippen LogP contribution in [0.2, 0.25) is 0 Å². The average Bonchev–Trinajstić information content (AvgIpc) is 2.74. The molecule has 1 aromatic rings. The van der Waals surface area contributed by atoms with E-state index >= 15 is 0 Å². The first kappa shape index (κ1) is 11.9. The summed E-state index contributed by atoms with van der Waals surface area (Å²) in [7, 11) is 5.40. The average molecular weight is 214 g/mol. The predicted octanol–water partition coefficient (Wildman–Crippen LogP) is 0.433. The molecule has 1 unspecified atom stereocenters. The van der Waals surface area contributed by atoms with E-state index in [1.165, 1.54) is 0 Å². The third-order valence-electron chi connectivity index (χ3n) is 2.19. The molecule has 1 atom stereocenters. The van der Waals surface area contributed by atoms with Crippen LogP contribution < -0.4 is 10.2 Å². The third-order valence-corrected chi connectivity index (χ3v) is 2.19. The normalized spacial score (nSPS) is 12.8. The topological polar surface area (TPSA) is 63.4 Å². The van der Waals surface area contributed by atoms with E-state index in [2.05, 4.69) is 15.5 Å². The van der Waals surface area contributed by atoms with Crippen molar-refractivity contribution >= 4 is 6.01 Å². The van der Waals surface area contributed by atoms with Crippen molar-refractivity contribution in [3.63, 3.8) is 0 Å². The fourth-order valence-electron chi connectivity index (χ4n) is 1.00. The molecule has 0 saturated heterocycles. The molecule has 15 heavy (non-hydrogen) atoms. The van der Waals surface area contributed by atoms with Crippen molar-refractivity contribution in [3.05, 3.63) is 5.89 Å². The van der Waals surface area contributed by atoms with Gasteiger partial charge in [0, 0.05) is 20.7 Å². The number of nitrogens with zero attached hydrogens (tertiary/aromatic N) is 3. The predicted molar refractivity (Wildman–Crippen MR) is 56.9 cm³/mol. The fourth-order valence-corrected chi connectivity index (χ4v) is 1.00. The molecular formula is C9H18N4O2. The number of ether oxygens (including phenoxy) is 1. The second-order valence-corrected chi connectivity index (χ2v) is 3.35. The highest BCUT2D eigenvalue weighted by Gasteiger charge is 2.14. The second-order valence-electron chi connectivity index (χ2n) is 3.35. The van der Waals surface area contributed by atoms with Crippen molar-refractivity contribution in [1.29, 1.82) is 0 Å². The Kier molecular flexibility index (Phi) is 4.51. The molecule has 0 aliphatic carbocycles. The van der Waals surface area contributed by atoms with Crippen molar-refractivity contribution in [3.8, 4) is 0 Å². The van der Waals surface area contributed by atoms with Crippen LogP contribution in [0, 0.1) is 0 Å². The van der Waals surface area contributed by atoms with E-state index in [4.69, 9.17) is 9.15 Å². The summed E-state index contributed by atoms with van der Waals surface area (Å²) in [6.45, 7) is 3.33. The number of aromatic nitrogens is 2. The van der Waals surface area contributed by atoms with Crippen LogP contribution >= 0.6 is 0 Å². The lowest BCUT2D eigenvalue weighted by atomic mass is 10.3. The Bertz CT molecular complexity index is 289. The molecule has 0 aliphatic heterocycles. The Morgan fingerprint density at radius 3 is 2.87 bits per heavy atom. The summed E-state index contributed by atoms with van der Waals surface area (Å²) < 4.78 is 10.4. The van der Waals surface area contributed by atoms with Crippen LogP contribution in [0.25, 0.3) is 0 Å². The molecule has 0 aliphatic rings. The largest absolute Gasteiger partial charge is 0.406 e. The van der Waals surface area contributed by atoms with Crippen LogP contribution in [0.5, 0.6) is 0 Å². The van der Waals surface area contributed by atoms with Gasteiger partial charge in [-0.05, 0) is 14.0 Å². The Balaban J connectivity index is 2.58. The summed E-state index contributed by atoms with van der Waals surface area (Å²) in [5, 5.41) is 10.9. The Labute approximate surface area is 89.6 Å². The molecule has 1 aromatic heterocycles. The molecule has 0 fully saturated rings. The molecule has 1 N–H and O–H groups in total. The lowest BCUT2D eigenvalue weighted by Gasteiger charge is -2.12. The van der Waals surface area contributed by atoms with E-state index in [0.717, 1.165) is 6.54 Å². The summed E-state index contributed by atoms with van der Waals surface area (Å²) in [5.41, 5.74) is 0. The molecule has 1 rings (SSSR count). The molecule has 1 heterocycles. The van der Waals surface area contributed by atoms with Crippen LogP contribution in [0.15, 0.2) is 4.42 Å². The minimum atomic E-state index is 0.0714. The zero-order chi connectivity index (χ0) is 11.3. The molecule has 0 radical (unpaired) electrons. The van der Waals surface area contributed by atoms with E-state index in [0.29, 0.717) is 18.5 Å². The minimum absolute atomic E-state index is 0.0714. The Morgan fingerprint density at radius 1 is 1.53 bits per heavy atom. The lowest BCUT2D eigenvalue weighted by molar-refractivity contribution is 0.205. The second kappa shape index (κ2) is 5.67. The monoisotopic (exact) mass is 214 g/mol. The van der Waals surface area contributed by atoms with Crippen LogP contribution in [0.1, 0.15) is 18.9 Å². The number of rotatable bonds is 6. The van der Waals surface area contributed by atoms with E-state index in [1.807, 2.05) is 25.9 Å². The first-order chi connectivity index (χ1) is 7.19. The SMILES string of the molecule is CNC(C)c1nnc(N(C)CCOC)o1. The van der Waals surface area contributed by atoms with Gasteiger partial charge in [0.1, 0.15) is 0 Å². The van der Waals surface area contributed by atoms with Crippen LogP contribution in [0.3, 0.4) is 0 Å². The van der Waals surface area contributed by atoms with Crippen LogP contribution in [0.4, 0.5) is 6.01 Å². The van der Waals surface area contributed by atoms with Crippen molar-refractivity contribution in [2.75, 3.05) is 39.3 Å². The molecule has 0 bridgehead atoms. The van der Waals surface area contributed by atoms with Gasteiger partial charge >= 0.3 is 6.01 Å². The standard InChI is InChI=1S/C9H18N4O2/c1-7(10-2)8-11-12-9(15-8)13(3)5-6-14-4/h7,10H,5-6H2,1-4H3. The lowest BCUT2D eigenvalue weighted by Crippen LogP contribution is -2.22. The molecule has 0 spiro atoms. The zero-order valence-electron chi connectivity index (χ0n) is 9.65. The maximum Gasteiger partial charge on any atom is 0.318 e. The minimum Gasteiger partial charge on any atom is -0.406 e. The Hall–Kier alpha value is -1.14. The van der Waals surface area contributed by atoms with Crippen molar-refractivity contribution in [2.24, 2.45) is 0 Å². The summed E-state index contributed by atoms with van der Waals surface area (Å²) in [4.78, 5) is 1.86. The molecule has 6 nitrogen and oxygen atoms in total. The molecule has 0 aromatic carbocycles. The molecule has 0 saturated carbocycles. The van der Waals surface area contributed by atoms with Crippen LogP contribution in [-0.4, -0.2) is 44.6 Å². The van der Waals surface area contributed by atoms with Gasteiger partial charge in [-0.1, -0.05) is 5.10 Å². The van der Waals surface area contributed by atoms with Gasteiger partial charge in [0.25, 0.3) is 0 Å². The number of hydrogen-bond donors (Lipinski definition) is 1. The molecular weight excluding hydrogens is 196 g/mol. The first-order valence-corrected chi connectivity index (χ1v) is 4.89. The van der Waals surface area contributed by atoms with Crippen LogP contribution in [-0.2, 0) is 4.74 Å². The molecule has 86 valence electrons. The highest BCUT2D eigenvalue weighted by molar-refractivity contribution is 5.21. The highest BCUT2D eigenvalue weighted by Crippen LogP contribution is 2.15. The zero-order valence-corrected chi connectivity index (χ0v) is 9.65. The van der Waals surface area contributed by atoms with Crippen molar-refractivity contribution in [1.82, 2.24) is 15.5 Å². The fraction of sp³-hybridized carbons (Fsp3) is 0.778. The number of hydrogen-bond acceptors (Lipinski definition) is 6. The molecule has 0 amide bonds. The van der Waals surface area contributed by atoms with Gasteiger partial charge < -0.3 is 19.4 Å². The van der Waals surface area contributed by atoms with Gasteiger partial charge in [0.2, 0.25) is 5.89 Å². The molecule has 6 heteroatoms. The first-order valence-electron chi connectivity index (χ1n) is 4.89. The maximum atomic E-state index is 5.48. The van der Waals surface area contributed by atoms with Crippen molar-refractivity contribution < 1.29 is 9.15 Å². The van der Waals surface area contributed by atoms with Gasteiger partial charge in [0.05, 0.1) is 12.6 Å². The summed E-state index contributed by atoms with van der Waals surface area (Å²) in [5.74, 6) is 0.594.